The molecule has 2 aromatic rings. The molecule has 3 fully saturated rings. The maximum Gasteiger partial charge on any atom is 0.320 e. The van der Waals surface area contributed by atoms with Crippen LogP contribution in [0.15, 0.2) is 54.9 Å². The fraction of sp³-hybridized carbons (Fsp3) is 0.556. The quantitative estimate of drug-likeness (QED) is 0.652. The van der Waals surface area contributed by atoms with Crippen LogP contribution in [0, 0.1) is 5.92 Å². The molecule has 5 heteroatoms. The van der Waals surface area contributed by atoms with Gasteiger partial charge in [-0.15, -0.1) is 0 Å². The number of hydrogen-bond donors (Lipinski definition) is 0. The van der Waals surface area contributed by atoms with Crippen LogP contribution in [0.1, 0.15) is 56.1 Å². The van der Waals surface area contributed by atoms with Gasteiger partial charge in [-0.05, 0) is 81.8 Å². The van der Waals surface area contributed by atoms with Crippen LogP contribution in [0.25, 0.3) is 0 Å². The smallest absolute Gasteiger partial charge is 0.318 e. The minimum absolute atomic E-state index is 0.0337. The van der Waals surface area contributed by atoms with E-state index in [9.17, 15) is 4.79 Å². The summed E-state index contributed by atoms with van der Waals surface area (Å²) in [5, 5.41) is 0. The second-order valence-electron chi connectivity index (χ2n) is 10.4. The van der Waals surface area contributed by atoms with Crippen molar-refractivity contribution in [3.05, 3.63) is 66.0 Å². The van der Waals surface area contributed by atoms with Crippen molar-refractivity contribution in [2.45, 2.75) is 62.6 Å². The van der Waals surface area contributed by atoms with Crippen molar-refractivity contribution in [2.24, 2.45) is 5.92 Å². The van der Waals surface area contributed by atoms with Gasteiger partial charge in [0.1, 0.15) is 0 Å². The zero-order chi connectivity index (χ0) is 22.2. The molecule has 0 unspecified atom stereocenters. The topological polar surface area (TPSA) is 39.7 Å². The van der Waals surface area contributed by atoms with Gasteiger partial charge in [0.25, 0.3) is 0 Å². The third kappa shape index (κ3) is 3.71. The predicted molar refractivity (Wildman–Crippen MR) is 127 cm³/mol. The van der Waals surface area contributed by atoms with E-state index < -0.39 is 0 Å². The van der Waals surface area contributed by atoms with Gasteiger partial charge in [-0.3, -0.25) is 9.88 Å². The number of hydrogen-bond acceptors (Lipinski definition) is 3. The molecular formula is C27H36N4O. The Morgan fingerprint density at radius 1 is 1.00 bits per heavy atom. The summed E-state index contributed by atoms with van der Waals surface area (Å²) in [6.07, 6.45) is 11.8. The summed E-state index contributed by atoms with van der Waals surface area (Å²) in [5.74, 6) is 0.686. The molecule has 1 saturated heterocycles. The van der Waals surface area contributed by atoms with Gasteiger partial charge in [0.2, 0.25) is 0 Å². The molecule has 3 aliphatic rings. The van der Waals surface area contributed by atoms with Crippen molar-refractivity contribution in [1.29, 1.82) is 0 Å². The van der Waals surface area contributed by atoms with Gasteiger partial charge >= 0.3 is 6.03 Å². The average Bonchev–Trinajstić information content (AvgIpc) is 3.03. The van der Waals surface area contributed by atoms with E-state index in [2.05, 4.69) is 64.1 Å². The average molecular weight is 433 g/mol. The van der Waals surface area contributed by atoms with Crippen LogP contribution in [0.5, 0.6) is 0 Å². The molecule has 1 aliphatic heterocycles. The normalized spacial score (nSPS) is 28.5. The molecule has 2 amide bonds. The Morgan fingerprint density at radius 3 is 2.28 bits per heavy atom. The third-order valence-corrected chi connectivity index (χ3v) is 8.52. The minimum Gasteiger partial charge on any atom is -0.318 e. The van der Waals surface area contributed by atoms with E-state index in [1.165, 1.54) is 24.8 Å². The van der Waals surface area contributed by atoms with Crippen LogP contribution >= 0.6 is 0 Å². The molecule has 0 atom stereocenters. The van der Waals surface area contributed by atoms with Gasteiger partial charge in [0.05, 0.1) is 5.54 Å². The largest absolute Gasteiger partial charge is 0.320 e. The molecular weight excluding hydrogens is 396 g/mol. The second-order valence-corrected chi connectivity index (χ2v) is 10.4. The molecule has 1 aromatic carbocycles. The molecule has 0 N–H and O–H groups in total. The number of urea groups is 1. The summed E-state index contributed by atoms with van der Waals surface area (Å²) < 4.78 is 0. The van der Waals surface area contributed by atoms with E-state index in [0.717, 1.165) is 44.3 Å². The Balaban J connectivity index is 1.40. The van der Waals surface area contributed by atoms with Crippen molar-refractivity contribution >= 4 is 6.03 Å². The lowest BCUT2D eigenvalue weighted by Crippen LogP contribution is -2.56. The second kappa shape index (κ2) is 8.51. The molecule has 5 rings (SSSR count). The van der Waals surface area contributed by atoms with Gasteiger partial charge < -0.3 is 9.80 Å². The number of aromatic nitrogens is 1. The number of benzene rings is 1. The first kappa shape index (κ1) is 21.4. The Kier molecular flexibility index (Phi) is 5.70. The van der Waals surface area contributed by atoms with Crippen molar-refractivity contribution in [3.63, 3.8) is 0 Å². The summed E-state index contributed by atoms with van der Waals surface area (Å²) >= 11 is 0. The number of carbonyl (C=O) groups is 1. The van der Waals surface area contributed by atoms with Crippen molar-refractivity contribution in [1.82, 2.24) is 19.7 Å². The zero-order valence-electron chi connectivity index (χ0n) is 19.5. The lowest BCUT2D eigenvalue weighted by atomic mass is 9.68. The van der Waals surface area contributed by atoms with Crippen LogP contribution in [0.3, 0.4) is 0 Å². The Morgan fingerprint density at radius 2 is 1.69 bits per heavy atom. The minimum atomic E-state index is -0.0337. The van der Waals surface area contributed by atoms with Crippen LogP contribution < -0.4 is 0 Å². The van der Waals surface area contributed by atoms with E-state index in [4.69, 9.17) is 0 Å². The number of carbonyl (C=O) groups excluding carboxylic acids is 1. The Labute approximate surface area is 192 Å². The lowest BCUT2D eigenvalue weighted by Gasteiger charge is -2.51. The molecule has 5 nitrogen and oxygen atoms in total. The van der Waals surface area contributed by atoms with Crippen LogP contribution in [0.4, 0.5) is 4.79 Å². The molecule has 0 radical (unpaired) electrons. The van der Waals surface area contributed by atoms with Crippen molar-refractivity contribution in [2.75, 3.05) is 27.2 Å². The first-order valence-corrected chi connectivity index (χ1v) is 12.2. The molecule has 2 aliphatic carbocycles. The molecule has 2 heterocycles. The monoisotopic (exact) mass is 432 g/mol. The van der Waals surface area contributed by atoms with Crippen LogP contribution in [-0.4, -0.2) is 58.4 Å². The van der Waals surface area contributed by atoms with E-state index in [1.807, 2.05) is 24.5 Å². The SMILES string of the molecule is CN(C)C1(c2ccccc2)CCC2(CC1)CN(Cc1ccncc1)C(=O)N2CC1CCC1. The summed E-state index contributed by atoms with van der Waals surface area (Å²) in [6.45, 7) is 2.47. The highest BCUT2D eigenvalue weighted by molar-refractivity contribution is 5.78. The fourth-order valence-corrected chi connectivity index (χ4v) is 6.22. The van der Waals surface area contributed by atoms with E-state index in [0.29, 0.717) is 12.5 Å². The maximum atomic E-state index is 13.6. The molecule has 170 valence electrons. The zero-order valence-corrected chi connectivity index (χ0v) is 19.5. The number of pyridine rings is 1. The van der Waals surface area contributed by atoms with Crippen LogP contribution in [-0.2, 0) is 12.1 Å². The highest BCUT2D eigenvalue weighted by Crippen LogP contribution is 2.49. The summed E-state index contributed by atoms with van der Waals surface area (Å²) in [5.41, 5.74) is 2.59. The molecule has 2 saturated carbocycles. The fourth-order valence-electron chi connectivity index (χ4n) is 6.22. The summed E-state index contributed by atoms with van der Waals surface area (Å²) in [4.78, 5) is 24.6. The molecule has 1 aromatic heterocycles. The summed E-state index contributed by atoms with van der Waals surface area (Å²) in [6, 6.07) is 15.3. The standard InChI is InChI=1S/C27H36N4O/c1-29(2)27(24-9-4-3-5-10-24)15-13-26(14-16-27)21-30(19-23-11-17-28-18-12-23)25(32)31(26)20-22-7-6-8-22/h3-5,9-12,17-18,22H,6-8,13-16,19-21H2,1-2H3. The van der Waals surface area contributed by atoms with Gasteiger partial charge in [-0.1, -0.05) is 36.8 Å². The number of amides is 2. The van der Waals surface area contributed by atoms with Gasteiger partial charge in [0.15, 0.2) is 0 Å². The highest BCUT2D eigenvalue weighted by Gasteiger charge is 2.54. The lowest BCUT2D eigenvalue weighted by molar-refractivity contribution is 0.0159. The predicted octanol–water partition coefficient (Wildman–Crippen LogP) is 4.89. The van der Waals surface area contributed by atoms with Gasteiger partial charge in [-0.2, -0.15) is 0 Å². The molecule has 1 spiro atoms. The first-order valence-electron chi connectivity index (χ1n) is 12.2. The van der Waals surface area contributed by atoms with Crippen LogP contribution in [0.2, 0.25) is 0 Å². The van der Waals surface area contributed by atoms with Gasteiger partial charge in [-0.25, -0.2) is 4.79 Å². The van der Waals surface area contributed by atoms with Crippen molar-refractivity contribution in [3.8, 4) is 0 Å². The van der Waals surface area contributed by atoms with Gasteiger partial charge in [0, 0.05) is 37.6 Å². The first-order chi connectivity index (χ1) is 15.5. The highest BCUT2D eigenvalue weighted by atomic mass is 16.2. The Bertz CT molecular complexity index is 917. The molecule has 32 heavy (non-hydrogen) atoms. The number of nitrogens with zero attached hydrogens (tertiary/aromatic N) is 4. The van der Waals surface area contributed by atoms with E-state index in [1.54, 1.807) is 0 Å². The third-order valence-electron chi connectivity index (χ3n) is 8.52. The van der Waals surface area contributed by atoms with E-state index in [-0.39, 0.29) is 17.1 Å². The van der Waals surface area contributed by atoms with E-state index >= 15 is 0 Å². The summed E-state index contributed by atoms with van der Waals surface area (Å²) in [7, 11) is 4.43. The number of rotatable bonds is 6. The molecule has 0 bridgehead atoms. The van der Waals surface area contributed by atoms with Crippen molar-refractivity contribution < 1.29 is 4.79 Å². The Hall–Kier alpha value is -2.40. The maximum absolute atomic E-state index is 13.6.